The number of benzene rings is 2. The number of para-hydroxylation sites is 1. The smallest absolute Gasteiger partial charge is 0.326 e. The van der Waals surface area contributed by atoms with Crippen LogP contribution in [0.3, 0.4) is 0 Å². The van der Waals surface area contributed by atoms with Gasteiger partial charge >= 0.3 is 12.0 Å². The van der Waals surface area contributed by atoms with Gasteiger partial charge in [0.05, 0.1) is 6.04 Å². The van der Waals surface area contributed by atoms with Gasteiger partial charge in [-0.05, 0) is 24.3 Å². The van der Waals surface area contributed by atoms with Gasteiger partial charge in [0, 0.05) is 33.4 Å². The number of carboxylic acids is 1. The van der Waals surface area contributed by atoms with Crippen LogP contribution in [0.5, 0.6) is 0 Å². The molecule has 0 saturated carbocycles. The van der Waals surface area contributed by atoms with Gasteiger partial charge in [-0.1, -0.05) is 41.4 Å². The number of carboxylic acid groups (broad SMARTS) is 1. The van der Waals surface area contributed by atoms with Crippen molar-refractivity contribution in [2.45, 2.75) is 18.5 Å². The summed E-state index contributed by atoms with van der Waals surface area (Å²) in [6.07, 6.45) is 0.159. The summed E-state index contributed by atoms with van der Waals surface area (Å²) in [6, 6.07) is 10.2. The number of urea groups is 1. The summed E-state index contributed by atoms with van der Waals surface area (Å²) in [4.78, 5) is 23.7. The third-order valence-corrected chi connectivity index (χ3v) is 4.41. The summed E-state index contributed by atoms with van der Waals surface area (Å²) in [5.41, 5.74) is 1.75. The van der Waals surface area contributed by atoms with Crippen molar-refractivity contribution < 1.29 is 14.7 Å². The van der Waals surface area contributed by atoms with Gasteiger partial charge in [-0.2, -0.15) is 0 Å². The molecule has 0 aromatic heterocycles. The molecule has 130 valence electrons. The molecule has 6 nitrogen and oxygen atoms in total. The summed E-state index contributed by atoms with van der Waals surface area (Å²) in [5.74, 6) is -1.02. The third-order valence-electron chi connectivity index (χ3n) is 3.88. The Morgan fingerprint density at radius 3 is 2.56 bits per heavy atom. The van der Waals surface area contributed by atoms with E-state index in [1.54, 1.807) is 36.4 Å². The molecule has 1 heterocycles. The highest BCUT2D eigenvalue weighted by Gasteiger charge is 2.33. The number of halogens is 2. The van der Waals surface area contributed by atoms with Gasteiger partial charge in [0.25, 0.3) is 0 Å². The number of hydrogen-bond donors (Lipinski definition) is 4. The minimum Gasteiger partial charge on any atom is -0.480 e. The van der Waals surface area contributed by atoms with Crippen molar-refractivity contribution in [3.05, 3.63) is 58.1 Å². The summed E-state index contributed by atoms with van der Waals surface area (Å²) >= 11 is 12.3. The lowest BCUT2D eigenvalue weighted by atomic mass is 9.93. The maximum Gasteiger partial charge on any atom is 0.326 e. The topological polar surface area (TPSA) is 90.5 Å². The monoisotopic (exact) mass is 379 g/mol. The standard InChI is InChI=1S/C17H15Cl2N3O3/c18-9-6-11(19)15-12(7-9)21-14(16(23)24)8-13(15)22-17(25)20-10-4-2-1-3-5-10/h1-7,13-14,21H,8H2,(H,23,24)(H2,20,22,25)/t13-,14+/m0/s1. The van der Waals surface area contributed by atoms with Crippen LogP contribution in [-0.4, -0.2) is 23.1 Å². The van der Waals surface area contributed by atoms with Crippen LogP contribution in [0.1, 0.15) is 18.0 Å². The highest BCUT2D eigenvalue weighted by atomic mass is 35.5. The predicted octanol–water partition coefficient (Wildman–Crippen LogP) is 4.13. The number of carbonyl (C=O) groups excluding carboxylic acids is 1. The minimum atomic E-state index is -1.02. The van der Waals surface area contributed by atoms with Gasteiger partial charge < -0.3 is 21.1 Å². The zero-order valence-corrected chi connectivity index (χ0v) is 14.4. The molecule has 3 rings (SSSR count). The lowest BCUT2D eigenvalue weighted by Crippen LogP contribution is -2.42. The molecule has 2 atom stereocenters. The molecule has 25 heavy (non-hydrogen) atoms. The molecule has 0 bridgehead atoms. The second-order valence-electron chi connectivity index (χ2n) is 5.64. The van der Waals surface area contributed by atoms with Crippen molar-refractivity contribution in [2.24, 2.45) is 0 Å². The quantitative estimate of drug-likeness (QED) is 0.645. The first-order valence-electron chi connectivity index (χ1n) is 7.55. The molecule has 2 amide bonds. The Morgan fingerprint density at radius 1 is 1.16 bits per heavy atom. The van der Waals surface area contributed by atoms with E-state index < -0.39 is 24.1 Å². The number of hydrogen-bond acceptors (Lipinski definition) is 3. The molecule has 0 fully saturated rings. The van der Waals surface area contributed by atoms with Crippen LogP contribution in [0, 0.1) is 0 Å². The molecule has 1 aliphatic heterocycles. The zero-order valence-electron chi connectivity index (χ0n) is 12.9. The number of anilines is 2. The van der Waals surface area contributed by atoms with E-state index in [9.17, 15) is 14.7 Å². The van der Waals surface area contributed by atoms with Crippen LogP contribution in [-0.2, 0) is 4.79 Å². The SMILES string of the molecule is O=C(Nc1ccccc1)N[C@H]1C[C@H](C(=O)O)Nc2cc(Cl)cc(Cl)c21. The van der Waals surface area contributed by atoms with E-state index in [2.05, 4.69) is 16.0 Å². The fraction of sp³-hybridized carbons (Fsp3) is 0.176. The minimum absolute atomic E-state index is 0.159. The molecule has 0 radical (unpaired) electrons. The molecular weight excluding hydrogens is 365 g/mol. The predicted molar refractivity (Wildman–Crippen MR) is 97.5 cm³/mol. The van der Waals surface area contributed by atoms with Gasteiger partial charge in [0.15, 0.2) is 0 Å². The van der Waals surface area contributed by atoms with E-state index >= 15 is 0 Å². The highest BCUT2D eigenvalue weighted by Crippen LogP contribution is 2.39. The van der Waals surface area contributed by atoms with Crippen LogP contribution >= 0.6 is 23.2 Å². The Labute approximate surface area is 154 Å². The Balaban J connectivity index is 1.85. The number of aliphatic carboxylic acids is 1. The molecule has 2 aromatic carbocycles. The Hall–Kier alpha value is -2.44. The number of amides is 2. The van der Waals surface area contributed by atoms with Crippen LogP contribution in [0.25, 0.3) is 0 Å². The van der Waals surface area contributed by atoms with Crippen molar-refractivity contribution >= 4 is 46.6 Å². The maximum atomic E-state index is 12.3. The largest absolute Gasteiger partial charge is 0.480 e. The lowest BCUT2D eigenvalue weighted by molar-refractivity contribution is -0.138. The van der Waals surface area contributed by atoms with Gasteiger partial charge in [0.1, 0.15) is 6.04 Å². The lowest BCUT2D eigenvalue weighted by Gasteiger charge is -2.32. The fourth-order valence-electron chi connectivity index (χ4n) is 2.80. The van der Waals surface area contributed by atoms with Crippen molar-refractivity contribution in [3.63, 3.8) is 0 Å². The Morgan fingerprint density at radius 2 is 1.88 bits per heavy atom. The first-order valence-corrected chi connectivity index (χ1v) is 8.30. The van der Waals surface area contributed by atoms with Gasteiger partial charge in [-0.15, -0.1) is 0 Å². The molecule has 0 aliphatic carbocycles. The molecule has 8 heteroatoms. The van der Waals surface area contributed by atoms with Crippen LogP contribution in [0.15, 0.2) is 42.5 Å². The van der Waals surface area contributed by atoms with Crippen molar-refractivity contribution in [1.29, 1.82) is 0 Å². The van der Waals surface area contributed by atoms with Crippen molar-refractivity contribution in [3.8, 4) is 0 Å². The maximum absolute atomic E-state index is 12.3. The van der Waals surface area contributed by atoms with E-state index in [-0.39, 0.29) is 6.42 Å². The summed E-state index contributed by atoms with van der Waals surface area (Å²) in [6.45, 7) is 0. The van der Waals surface area contributed by atoms with E-state index in [0.29, 0.717) is 27.0 Å². The Bertz CT molecular complexity index is 814. The second kappa shape index (κ2) is 7.21. The summed E-state index contributed by atoms with van der Waals surface area (Å²) < 4.78 is 0. The third kappa shape index (κ3) is 3.97. The van der Waals surface area contributed by atoms with Gasteiger partial charge in [-0.3, -0.25) is 0 Å². The number of carbonyl (C=O) groups is 2. The summed E-state index contributed by atoms with van der Waals surface area (Å²) in [7, 11) is 0. The van der Waals surface area contributed by atoms with Crippen LogP contribution < -0.4 is 16.0 Å². The van der Waals surface area contributed by atoms with E-state index in [1.165, 1.54) is 0 Å². The van der Waals surface area contributed by atoms with E-state index in [1.807, 2.05) is 6.07 Å². The van der Waals surface area contributed by atoms with Gasteiger partial charge in [-0.25, -0.2) is 9.59 Å². The van der Waals surface area contributed by atoms with Gasteiger partial charge in [0.2, 0.25) is 0 Å². The van der Waals surface area contributed by atoms with Crippen LogP contribution in [0.4, 0.5) is 16.2 Å². The average Bonchev–Trinajstić information content (AvgIpc) is 2.54. The molecule has 0 spiro atoms. The highest BCUT2D eigenvalue weighted by molar-refractivity contribution is 6.35. The molecule has 4 N–H and O–H groups in total. The first kappa shape index (κ1) is 17.4. The Kier molecular flexibility index (Phi) is 5.01. The molecular formula is C17H15Cl2N3O3. The number of fused-ring (bicyclic) bond motifs is 1. The summed E-state index contributed by atoms with van der Waals surface area (Å²) in [5, 5.41) is 18.5. The molecule has 0 saturated heterocycles. The van der Waals surface area contributed by atoms with Crippen molar-refractivity contribution in [1.82, 2.24) is 5.32 Å². The zero-order chi connectivity index (χ0) is 18.0. The van der Waals surface area contributed by atoms with E-state index in [4.69, 9.17) is 23.2 Å². The van der Waals surface area contributed by atoms with E-state index in [0.717, 1.165) is 0 Å². The first-order chi connectivity index (χ1) is 11.9. The number of nitrogens with one attached hydrogen (secondary N) is 3. The number of rotatable bonds is 3. The van der Waals surface area contributed by atoms with Crippen molar-refractivity contribution in [2.75, 3.05) is 10.6 Å². The normalized spacial score (nSPS) is 18.6. The fourth-order valence-corrected chi connectivity index (χ4v) is 3.42. The average molecular weight is 380 g/mol. The molecule has 2 aromatic rings. The molecule has 1 aliphatic rings. The second-order valence-corrected chi connectivity index (χ2v) is 6.48. The molecule has 0 unspecified atom stereocenters. The van der Waals surface area contributed by atoms with Crippen LogP contribution in [0.2, 0.25) is 10.0 Å².